The van der Waals surface area contributed by atoms with Crippen LogP contribution in [-0.2, 0) is 24.4 Å². The van der Waals surface area contributed by atoms with Gasteiger partial charge in [0.1, 0.15) is 23.3 Å². The summed E-state index contributed by atoms with van der Waals surface area (Å²) in [7, 11) is 1.60. The van der Waals surface area contributed by atoms with Crippen LogP contribution in [0.3, 0.4) is 0 Å². The number of ether oxygens (including phenoxy) is 1. The molecule has 5 rings (SSSR count). The van der Waals surface area contributed by atoms with Crippen molar-refractivity contribution in [3.63, 3.8) is 0 Å². The first-order valence-electron chi connectivity index (χ1n) is 9.24. The maximum atomic E-state index is 13.4. The van der Waals surface area contributed by atoms with E-state index in [-0.39, 0.29) is 11.5 Å². The summed E-state index contributed by atoms with van der Waals surface area (Å²) in [6.45, 7) is 1.66. The Balaban J connectivity index is 1.64. The van der Waals surface area contributed by atoms with Crippen molar-refractivity contribution in [2.24, 2.45) is 0 Å². The van der Waals surface area contributed by atoms with Crippen LogP contribution in [0.4, 0.5) is 0 Å². The van der Waals surface area contributed by atoms with Gasteiger partial charge in [0.05, 0.1) is 24.2 Å². The molecule has 146 valence electrons. The minimum atomic E-state index is -0.202. The summed E-state index contributed by atoms with van der Waals surface area (Å²) >= 11 is 0. The molecule has 1 amide bonds. The molecule has 4 aromatic rings. The monoisotopic (exact) mass is 390 g/mol. The van der Waals surface area contributed by atoms with Crippen LogP contribution in [0.5, 0.6) is 0 Å². The molecule has 5 heterocycles. The van der Waals surface area contributed by atoms with E-state index in [1.165, 1.54) is 10.7 Å². The zero-order chi connectivity index (χ0) is 20.0. The van der Waals surface area contributed by atoms with Crippen LogP contribution in [0.15, 0.2) is 47.8 Å². The Hall–Kier alpha value is -3.59. The van der Waals surface area contributed by atoms with Crippen molar-refractivity contribution in [1.82, 2.24) is 28.8 Å². The highest BCUT2D eigenvalue weighted by molar-refractivity contribution is 5.98. The summed E-state index contributed by atoms with van der Waals surface area (Å²) in [5, 5.41) is 0.407. The maximum absolute atomic E-state index is 13.4. The molecule has 0 saturated heterocycles. The number of aromatic nitrogens is 5. The Morgan fingerprint density at radius 1 is 1.28 bits per heavy atom. The topological polar surface area (TPSA) is 94.6 Å². The van der Waals surface area contributed by atoms with Gasteiger partial charge in [0.2, 0.25) is 0 Å². The van der Waals surface area contributed by atoms with Gasteiger partial charge in [-0.1, -0.05) is 6.07 Å². The normalized spacial score (nSPS) is 13.3. The first-order valence-corrected chi connectivity index (χ1v) is 9.24. The highest BCUT2D eigenvalue weighted by Crippen LogP contribution is 2.24. The highest BCUT2D eigenvalue weighted by Gasteiger charge is 2.29. The molecular weight excluding hydrogens is 372 g/mol. The van der Waals surface area contributed by atoms with Gasteiger partial charge in [-0.3, -0.25) is 14.0 Å². The molecule has 0 radical (unpaired) electrons. The van der Waals surface area contributed by atoms with E-state index in [0.29, 0.717) is 48.6 Å². The summed E-state index contributed by atoms with van der Waals surface area (Å²) in [6, 6.07) is 7.01. The Bertz CT molecular complexity index is 1280. The largest absolute Gasteiger partial charge is 0.383 e. The zero-order valence-electron chi connectivity index (χ0n) is 15.8. The molecule has 0 bridgehead atoms. The molecule has 9 nitrogen and oxygen atoms in total. The average Bonchev–Trinajstić information content (AvgIpc) is 3.34. The molecule has 0 atom stereocenters. The van der Waals surface area contributed by atoms with Crippen molar-refractivity contribution < 1.29 is 9.53 Å². The molecule has 0 unspecified atom stereocenters. The molecule has 0 aromatic carbocycles. The van der Waals surface area contributed by atoms with Gasteiger partial charge < -0.3 is 14.2 Å². The Labute approximate surface area is 165 Å². The van der Waals surface area contributed by atoms with E-state index in [0.717, 1.165) is 11.3 Å². The summed E-state index contributed by atoms with van der Waals surface area (Å²) in [5.41, 5.74) is 3.01. The molecule has 1 aliphatic heterocycles. The molecule has 0 spiro atoms. The lowest BCUT2D eigenvalue weighted by Gasteiger charge is -2.17. The van der Waals surface area contributed by atoms with Gasteiger partial charge in [-0.15, -0.1) is 0 Å². The van der Waals surface area contributed by atoms with Crippen molar-refractivity contribution in [1.29, 1.82) is 0 Å². The first kappa shape index (κ1) is 17.5. The van der Waals surface area contributed by atoms with Crippen LogP contribution >= 0.6 is 0 Å². The van der Waals surface area contributed by atoms with Gasteiger partial charge in [-0.05, 0) is 18.2 Å². The standard InChI is InChI=1S/C20H18N6O3/c1-29-7-6-25-16(20(28)24-10-13-9-21-12-22-15(13)11-24)8-14-18(25)23-17-4-2-3-5-26(17)19(14)27/h2-5,8-9,12H,6-7,10-11H2,1H3. The highest BCUT2D eigenvalue weighted by atomic mass is 16.5. The van der Waals surface area contributed by atoms with Gasteiger partial charge in [-0.25, -0.2) is 15.0 Å². The predicted molar refractivity (Wildman–Crippen MR) is 104 cm³/mol. The van der Waals surface area contributed by atoms with Crippen molar-refractivity contribution in [2.45, 2.75) is 19.6 Å². The quantitative estimate of drug-likeness (QED) is 0.520. The molecular formula is C20H18N6O3. The second-order valence-electron chi connectivity index (χ2n) is 6.91. The van der Waals surface area contributed by atoms with E-state index in [4.69, 9.17) is 4.74 Å². The number of rotatable bonds is 4. The van der Waals surface area contributed by atoms with Crippen molar-refractivity contribution in [2.75, 3.05) is 13.7 Å². The third-order valence-electron chi connectivity index (χ3n) is 5.18. The van der Waals surface area contributed by atoms with Gasteiger partial charge in [0.25, 0.3) is 11.5 Å². The molecule has 29 heavy (non-hydrogen) atoms. The summed E-state index contributed by atoms with van der Waals surface area (Å²) in [6.07, 6.45) is 4.89. The number of nitrogens with zero attached hydrogens (tertiary/aromatic N) is 6. The molecule has 1 aliphatic rings. The van der Waals surface area contributed by atoms with Crippen LogP contribution < -0.4 is 5.56 Å². The number of methoxy groups -OCH3 is 1. The fraction of sp³-hybridized carbons (Fsp3) is 0.250. The van der Waals surface area contributed by atoms with E-state index in [1.54, 1.807) is 47.2 Å². The van der Waals surface area contributed by atoms with Crippen LogP contribution in [0.25, 0.3) is 16.7 Å². The minimum absolute atomic E-state index is 0.175. The fourth-order valence-electron chi connectivity index (χ4n) is 3.74. The number of hydrogen-bond donors (Lipinski definition) is 0. The van der Waals surface area contributed by atoms with E-state index in [2.05, 4.69) is 15.0 Å². The lowest BCUT2D eigenvalue weighted by molar-refractivity contribution is 0.0737. The predicted octanol–water partition coefficient (Wildman–Crippen LogP) is 1.24. The molecule has 9 heteroatoms. The van der Waals surface area contributed by atoms with Gasteiger partial charge in [0.15, 0.2) is 0 Å². The van der Waals surface area contributed by atoms with Gasteiger partial charge in [-0.2, -0.15) is 0 Å². The number of amides is 1. The van der Waals surface area contributed by atoms with Crippen molar-refractivity contribution in [3.8, 4) is 0 Å². The Morgan fingerprint density at radius 3 is 3.00 bits per heavy atom. The molecule has 4 aromatic heterocycles. The van der Waals surface area contributed by atoms with Crippen LogP contribution in [0, 0.1) is 0 Å². The Morgan fingerprint density at radius 2 is 2.17 bits per heavy atom. The SMILES string of the molecule is COCCn1c(C(=O)N2Cc3cncnc3C2)cc2c(=O)n3ccccc3nc21. The first-order chi connectivity index (χ1) is 14.2. The van der Waals surface area contributed by atoms with Crippen LogP contribution in [0.1, 0.15) is 21.7 Å². The number of hydrogen-bond acceptors (Lipinski definition) is 6. The van der Waals surface area contributed by atoms with E-state index >= 15 is 0 Å². The van der Waals surface area contributed by atoms with E-state index in [1.807, 2.05) is 6.07 Å². The van der Waals surface area contributed by atoms with Crippen LogP contribution in [-0.4, -0.2) is 48.4 Å². The zero-order valence-corrected chi connectivity index (χ0v) is 15.8. The summed E-state index contributed by atoms with van der Waals surface area (Å²) < 4.78 is 8.47. The second kappa shape index (κ2) is 6.78. The lowest BCUT2D eigenvalue weighted by atomic mass is 10.3. The van der Waals surface area contributed by atoms with Gasteiger partial charge >= 0.3 is 0 Å². The molecule has 0 N–H and O–H groups in total. The lowest BCUT2D eigenvalue weighted by Crippen LogP contribution is -2.28. The number of pyridine rings is 1. The van der Waals surface area contributed by atoms with E-state index < -0.39 is 0 Å². The number of fused-ring (bicyclic) bond motifs is 3. The number of carbonyl (C=O) groups excluding carboxylic acids is 1. The third kappa shape index (κ3) is 2.78. The van der Waals surface area contributed by atoms with Crippen molar-refractivity contribution >= 4 is 22.6 Å². The number of carbonyl (C=O) groups is 1. The fourth-order valence-corrected chi connectivity index (χ4v) is 3.74. The smallest absolute Gasteiger partial charge is 0.271 e. The maximum Gasteiger partial charge on any atom is 0.271 e. The average molecular weight is 390 g/mol. The summed E-state index contributed by atoms with van der Waals surface area (Å²) in [4.78, 5) is 41.0. The Kier molecular flexibility index (Phi) is 4.09. The molecule has 0 fully saturated rings. The van der Waals surface area contributed by atoms with E-state index in [9.17, 15) is 9.59 Å². The van der Waals surface area contributed by atoms with Crippen LogP contribution in [0.2, 0.25) is 0 Å². The minimum Gasteiger partial charge on any atom is -0.383 e. The van der Waals surface area contributed by atoms with Gasteiger partial charge in [0, 0.05) is 38.2 Å². The third-order valence-corrected chi connectivity index (χ3v) is 5.18. The van der Waals surface area contributed by atoms with Crippen molar-refractivity contribution in [3.05, 3.63) is 70.3 Å². The summed E-state index contributed by atoms with van der Waals surface area (Å²) in [5.74, 6) is -0.175. The molecule has 0 aliphatic carbocycles. The molecule has 0 saturated carbocycles. The second-order valence-corrected chi connectivity index (χ2v) is 6.91.